The second-order valence-electron chi connectivity index (χ2n) is 9.01. The molecule has 0 saturated heterocycles. The number of hydrogen-bond donors (Lipinski definition) is 2. The van der Waals surface area contributed by atoms with Crippen LogP contribution in [0.15, 0.2) is 0 Å². The molecule has 0 atom stereocenters. The number of sulfonamides is 1. The van der Waals surface area contributed by atoms with Crippen LogP contribution in [-0.4, -0.2) is 177 Å². The highest BCUT2D eigenvalue weighted by Crippen LogP contribution is 1.87. The van der Waals surface area contributed by atoms with Crippen molar-refractivity contribution in [2.75, 3.05) is 144 Å². The topological polar surface area (TPSA) is 195 Å². The maximum atomic E-state index is 10.8. The Morgan fingerprint density at radius 2 is 0.804 bits per heavy atom. The number of carbonyl (C=O) groups is 1. The Bertz CT molecular complexity index is 838. The first-order chi connectivity index (χ1) is 21.8. The molecule has 0 fully saturated rings. The van der Waals surface area contributed by atoms with Gasteiger partial charge in [0.25, 0.3) is 0 Å². The zero-order chi connectivity index (χ0) is 35.4. The number of carboxylic acid groups (broad SMARTS) is 1. The van der Waals surface area contributed by atoms with Crippen molar-refractivity contribution in [3.8, 4) is 0 Å². The van der Waals surface area contributed by atoms with Crippen molar-refractivity contribution in [2.24, 2.45) is 0 Å². The normalized spacial score (nSPS) is 11.5. The third kappa shape index (κ3) is 58.8. The molecule has 280 valence electrons. The molecule has 2 N–H and O–H groups in total. The van der Waals surface area contributed by atoms with Gasteiger partial charge < -0.3 is 47.9 Å². The van der Waals surface area contributed by atoms with E-state index in [1.54, 1.807) is 0 Å². The Hall–Kier alpha value is -0.740. The van der Waals surface area contributed by atoms with Crippen LogP contribution in [0.3, 0.4) is 0 Å². The summed E-state index contributed by atoms with van der Waals surface area (Å²) in [5.74, 6) is -0.879. The molecule has 19 heteroatoms. The number of rotatable bonds is 31. The van der Waals surface area contributed by atoms with Crippen LogP contribution < -0.4 is 4.72 Å². The standard InChI is InChI=1S/C20H41NO12S.C6H15N.CH3ClO2S/c1-34(24,25)21-3-5-27-7-9-29-11-13-31-15-17-33-19-18-32-16-14-30-12-10-28-8-6-26-4-2-20(22)23;1-4-7(5-2)6-3;1-5(2,3)4/h21H,2-19H2,1H3,(H,22,23);4-6H2,1-3H3;1H3. The molecule has 0 aliphatic carbocycles. The summed E-state index contributed by atoms with van der Waals surface area (Å²) in [6, 6.07) is 0. The summed E-state index contributed by atoms with van der Waals surface area (Å²) in [5.41, 5.74) is 0. The summed E-state index contributed by atoms with van der Waals surface area (Å²) in [5, 5.41) is 8.45. The Morgan fingerprint density at radius 1 is 0.565 bits per heavy atom. The molecule has 46 heavy (non-hydrogen) atoms. The number of nitrogens with one attached hydrogen (secondary N) is 1. The van der Waals surface area contributed by atoms with E-state index in [4.69, 9.17) is 43.0 Å². The summed E-state index contributed by atoms with van der Waals surface area (Å²) in [6.07, 6.45) is 2.02. The molecule has 0 aromatic rings. The van der Waals surface area contributed by atoms with Gasteiger partial charge in [-0.15, -0.1) is 0 Å². The molecular formula is C27H59ClN2O14S2. The summed E-state index contributed by atoms with van der Waals surface area (Å²) in [4.78, 5) is 12.7. The Labute approximate surface area is 281 Å². The lowest BCUT2D eigenvalue weighted by molar-refractivity contribution is -0.138. The number of nitrogens with zero attached hydrogens (tertiary/aromatic N) is 1. The highest BCUT2D eigenvalue weighted by molar-refractivity contribution is 8.13. The summed E-state index contributed by atoms with van der Waals surface area (Å²) < 4.78 is 85.2. The smallest absolute Gasteiger partial charge is 0.305 e. The second-order valence-corrected chi connectivity index (χ2v) is 13.9. The van der Waals surface area contributed by atoms with E-state index in [1.165, 1.54) is 19.6 Å². The molecule has 0 aliphatic heterocycles. The fraction of sp³-hybridized carbons (Fsp3) is 0.963. The Balaban J connectivity index is -0.00000129. The first-order valence-electron chi connectivity index (χ1n) is 15.2. The molecule has 0 bridgehead atoms. The molecular weight excluding hydrogens is 676 g/mol. The zero-order valence-corrected chi connectivity index (χ0v) is 30.6. The average molecular weight is 735 g/mol. The van der Waals surface area contributed by atoms with E-state index in [-0.39, 0.29) is 19.6 Å². The van der Waals surface area contributed by atoms with Crippen LogP contribution >= 0.6 is 10.7 Å². The van der Waals surface area contributed by atoms with Gasteiger partial charge in [-0.05, 0) is 19.6 Å². The van der Waals surface area contributed by atoms with Crippen molar-refractivity contribution >= 4 is 35.7 Å². The molecule has 0 unspecified atom stereocenters. The van der Waals surface area contributed by atoms with Crippen molar-refractivity contribution < 1.29 is 64.6 Å². The van der Waals surface area contributed by atoms with Crippen LogP contribution in [0.4, 0.5) is 0 Å². The summed E-state index contributed by atoms with van der Waals surface area (Å²) in [6.45, 7) is 17.0. The van der Waals surface area contributed by atoms with Crippen molar-refractivity contribution in [1.29, 1.82) is 0 Å². The average Bonchev–Trinajstić information content (AvgIpc) is 2.96. The van der Waals surface area contributed by atoms with Crippen molar-refractivity contribution in [2.45, 2.75) is 27.2 Å². The maximum Gasteiger partial charge on any atom is 0.305 e. The third-order valence-electron chi connectivity index (χ3n) is 5.02. The molecule has 0 rings (SSSR count). The van der Waals surface area contributed by atoms with Gasteiger partial charge in [-0.25, -0.2) is 21.6 Å². The number of carboxylic acids is 1. The van der Waals surface area contributed by atoms with Gasteiger partial charge in [-0.2, -0.15) is 0 Å². The minimum Gasteiger partial charge on any atom is -0.481 e. The lowest BCUT2D eigenvalue weighted by Gasteiger charge is -2.13. The van der Waals surface area contributed by atoms with E-state index in [9.17, 15) is 21.6 Å². The lowest BCUT2D eigenvalue weighted by atomic mass is 10.5. The molecule has 0 amide bonds. The number of ether oxygens (including phenoxy) is 8. The van der Waals surface area contributed by atoms with Gasteiger partial charge in [0.15, 0.2) is 0 Å². The Kier molecular flexibility index (Phi) is 40.0. The van der Waals surface area contributed by atoms with Crippen molar-refractivity contribution in [3.63, 3.8) is 0 Å². The van der Waals surface area contributed by atoms with Crippen LogP contribution in [-0.2, 0) is 61.8 Å². The summed E-state index contributed by atoms with van der Waals surface area (Å²) in [7, 11) is -1.86. The number of halogens is 1. The molecule has 0 heterocycles. The van der Waals surface area contributed by atoms with Crippen molar-refractivity contribution in [3.05, 3.63) is 0 Å². The molecule has 0 radical (unpaired) electrons. The van der Waals surface area contributed by atoms with E-state index < -0.39 is 25.0 Å². The minimum atomic E-state index is -3.19. The second kappa shape index (κ2) is 37.1. The van der Waals surface area contributed by atoms with E-state index in [0.29, 0.717) is 99.1 Å². The molecule has 0 aromatic heterocycles. The molecule has 0 saturated carbocycles. The van der Waals surface area contributed by atoms with Crippen LogP contribution in [0.25, 0.3) is 0 Å². The largest absolute Gasteiger partial charge is 0.481 e. The first kappa shape index (κ1) is 49.6. The predicted octanol–water partition coefficient (Wildman–Crippen LogP) is 0.676. The molecule has 0 spiro atoms. The Morgan fingerprint density at radius 3 is 1.00 bits per heavy atom. The number of hydrogen-bond acceptors (Lipinski definition) is 14. The lowest BCUT2D eigenvalue weighted by Crippen LogP contribution is -2.26. The molecule has 0 aliphatic rings. The summed E-state index contributed by atoms with van der Waals surface area (Å²) >= 11 is 0. The quantitative estimate of drug-likeness (QED) is 0.0745. The van der Waals surface area contributed by atoms with Gasteiger partial charge >= 0.3 is 5.97 Å². The van der Waals surface area contributed by atoms with Crippen LogP contribution in [0.5, 0.6) is 0 Å². The van der Waals surface area contributed by atoms with Crippen LogP contribution in [0.1, 0.15) is 27.2 Å². The molecule has 0 aromatic carbocycles. The predicted molar refractivity (Wildman–Crippen MR) is 176 cm³/mol. The van der Waals surface area contributed by atoms with Gasteiger partial charge in [0.2, 0.25) is 19.1 Å². The SMILES string of the molecule is CCN(CC)CC.CS(=O)(=O)Cl.CS(=O)(=O)NCCOCCOCCOCCOCCOCCOCCOCCOCCC(=O)O. The highest BCUT2D eigenvalue weighted by atomic mass is 35.7. The van der Waals surface area contributed by atoms with Gasteiger partial charge in [0.1, 0.15) is 0 Å². The van der Waals surface area contributed by atoms with Gasteiger partial charge in [0, 0.05) is 17.2 Å². The fourth-order valence-corrected chi connectivity index (χ4v) is 3.23. The van der Waals surface area contributed by atoms with Crippen molar-refractivity contribution in [1.82, 2.24) is 9.62 Å². The number of aliphatic carboxylic acids is 1. The monoisotopic (exact) mass is 734 g/mol. The van der Waals surface area contributed by atoms with E-state index >= 15 is 0 Å². The van der Waals surface area contributed by atoms with E-state index in [0.717, 1.165) is 12.5 Å². The van der Waals surface area contributed by atoms with Gasteiger partial charge in [0.05, 0.1) is 125 Å². The first-order valence-corrected chi connectivity index (χ1v) is 19.8. The van der Waals surface area contributed by atoms with E-state index in [2.05, 4.69) is 41.1 Å². The van der Waals surface area contributed by atoms with Gasteiger partial charge in [-0.3, -0.25) is 4.79 Å². The minimum absolute atomic E-state index is 0.00651. The van der Waals surface area contributed by atoms with Crippen LogP contribution in [0.2, 0.25) is 0 Å². The van der Waals surface area contributed by atoms with Crippen LogP contribution in [0, 0.1) is 0 Å². The van der Waals surface area contributed by atoms with E-state index in [1.807, 2.05) is 0 Å². The molecule has 16 nitrogen and oxygen atoms in total. The highest BCUT2D eigenvalue weighted by Gasteiger charge is 1.99. The zero-order valence-electron chi connectivity index (χ0n) is 28.2. The third-order valence-corrected chi connectivity index (χ3v) is 5.75. The fourth-order valence-electron chi connectivity index (χ4n) is 2.77. The van der Waals surface area contributed by atoms with Gasteiger partial charge in [-0.1, -0.05) is 20.8 Å². The maximum absolute atomic E-state index is 10.8.